The van der Waals surface area contributed by atoms with Gasteiger partial charge in [-0.3, -0.25) is 0 Å². The van der Waals surface area contributed by atoms with E-state index in [0.29, 0.717) is 18.6 Å². The van der Waals surface area contributed by atoms with E-state index < -0.39 is 0 Å². The summed E-state index contributed by atoms with van der Waals surface area (Å²) in [7, 11) is 0. The number of hydrogen-bond donors (Lipinski definition) is 1. The Morgan fingerprint density at radius 3 is 2.80 bits per heavy atom. The highest BCUT2D eigenvalue weighted by atomic mass is 16.5. The highest BCUT2D eigenvalue weighted by Gasteiger charge is 2.19. The number of hydrogen-bond acceptors (Lipinski definition) is 4. The number of nitrogens with zero attached hydrogens (tertiary/aromatic N) is 1. The zero-order valence-electron chi connectivity index (χ0n) is 13.0. The molecule has 0 aromatic carbocycles. The predicted molar refractivity (Wildman–Crippen MR) is 79.3 cm³/mol. The van der Waals surface area contributed by atoms with Gasteiger partial charge in [-0.15, -0.1) is 0 Å². The molecule has 20 heavy (non-hydrogen) atoms. The average Bonchev–Trinajstić information content (AvgIpc) is 2.86. The van der Waals surface area contributed by atoms with Crippen molar-refractivity contribution in [1.82, 2.24) is 10.5 Å². The van der Waals surface area contributed by atoms with Crippen LogP contribution in [0.25, 0.3) is 0 Å². The van der Waals surface area contributed by atoms with Gasteiger partial charge in [0.1, 0.15) is 6.61 Å². The molecule has 1 aromatic heterocycles. The second-order valence-corrected chi connectivity index (χ2v) is 6.50. The molecule has 1 saturated carbocycles. The third kappa shape index (κ3) is 5.25. The van der Waals surface area contributed by atoms with Crippen LogP contribution in [0.3, 0.4) is 0 Å². The molecular formula is C16H28N2O2. The Kier molecular flexibility index (Phi) is 6.05. The Labute approximate surface area is 122 Å². The van der Waals surface area contributed by atoms with E-state index in [9.17, 15) is 0 Å². The minimum Gasteiger partial charge on any atom is -0.370 e. The standard InChI is InChI=1S/C16H28N2O2/c1-12(2)9-17-10-14-8-16(20-18-14)11-19-15-6-4-13(3)5-7-15/h8,12-13,15,17H,4-7,9-11H2,1-3H3. The second-order valence-electron chi connectivity index (χ2n) is 6.50. The van der Waals surface area contributed by atoms with Crippen molar-refractivity contribution in [2.45, 2.75) is 65.7 Å². The molecule has 1 N–H and O–H groups in total. The van der Waals surface area contributed by atoms with E-state index in [1.807, 2.05) is 6.07 Å². The zero-order valence-corrected chi connectivity index (χ0v) is 13.0. The molecule has 0 amide bonds. The van der Waals surface area contributed by atoms with E-state index in [1.165, 1.54) is 25.7 Å². The van der Waals surface area contributed by atoms with Gasteiger partial charge in [-0.25, -0.2) is 0 Å². The first-order valence-corrected chi connectivity index (χ1v) is 7.90. The molecule has 1 heterocycles. The molecule has 1 aliphatic carbocycles. The Morgan fingerprint density at radius 1 is 1.35 bits per heavy atom. The smallest absolute Gasteiger partial charge is 0.162 e. The van der Waals surface area contributed by atoms with Gasteiger partial charge in [0.15, 0.2) is 5.76 Å². The van der Waals surface area contributed by atoms with Crippen LogP contribution < -0.4 is 5.32 Å². The molecule has 0 bridgehead atoms. The lowest BCUT2D eigenvalue weighted by molar-refractivity contribution is -0.000644. The lowest BCUT2D eigenvalue weighted by Gasteiger charge is -2.25. The molecule has 4 nitrogen and oxygen atoms in total. The summed E-state index contributed by atoms with van der Waals surface area (Å²) in [4.78, 5) is 0. The third-order valence-corrected chi connectivity index (χ3v) is 3.89. The normalized spacial score (nSPS) is 23.4. The van der Waals surface area contributed by atoms with Crippen LogP contribution in [-0.4, -0.2) is 17.8 Å². The Balaban J connectivity index is 1.67. The van der Waals surface area contributed by atoms with Crippen molar-refractivity contribution < 1.29 is 9.26 Å². The van der Waals surface area contributed by atoms with Gasteiger partial charge in [0.05, 0.1) is 11.8 Å². The zero-order chi connectivity index (χ0) is 14.4. The highest BCUT2D eigenvalue weighted by molar-refractivity contribution is 5.04. The molecule has 1 aromatic rings. The quantitative estimate of drug-likeness (QED) is 0.830. The topological polar surface area (TPSA) is 47.3 Å². The van der Waals surface area contributed by atoms with Crippen molar-refractivity contribution >= 4 is 0 Å². The maximum Gasteiger partial charge on any atom is 0.162 e. The van der Waals surface area contributed by atoms with Gasteiger partial charge in [0.2, 0.25) is 0 Å². The van der Waals surface area contributed by atoms with Gasteiger partial charge in [0, 0.05) is 12.6 Å². The van der Waals surface area contributed by atoms with Crippen molar-refractivity contribution in [3.05, 3.63) is 17.5 Å². The molecule has 0 saturated heterocycles. The van der Waals surface area contributed by atoms with E-state index >= 15 is 0 Å². The van der Waals surface area contributed by atoms with Crippen LogP contribution in [0.5, 0.6) is 0 Å². The lowest BCUT2D eigenvalue weighted by Crippen LogP contribution is -2.20. The fourth-order valence-electron chi connectivity index (χ4n) is 2.59. The van der Waals surface area contributed by atoms with Crippen LogP contribution in [0, 0.1) is 11.8 Å². The Bertz CT molecular complexity index is 382. The van der Waals surface area contributed by atoms with Crippen LogP contribution in [0.2, 0.25) is 0 Å². The number of ether oxygens (including phenoxy) is 1. The van der Waals surface area contributed by atoms with Crippen molar-refractivity contribution in [1.29, 1.82) is 0 Å². The number of rotatable bonds is 7. The minimum atomic E-state index is 0.402. The molecule has 0 unspecified atom stereocenters. The predicted octanol–water partition coefficient (Wildman–Crippen LogP) is 3.52. The molecule has 1 fully saturated rings. The summed E-state index contributed by atoms with van der Waals surface area (Å²) in [6, 6.07) is 2.00. The van der Waals surface area contributed by atoms with Crippen molar-refractivity contribution in [2.24, 2.45) is 11.8 Å². The largest absolute Gasteiger partial charge is 0.370 e. The summed E-state index contributed by atoms with van der Waals surface area (Å²) in [6.45, 7) is 9.03. The average molecular weight is 280 g/mol. The van der Waals surface area contributed by atoms with Gasteiger partial charge in [0.25, 0.3) is 0 Å². The summed E-state index contributed by atoms with van der Waals surface area (Å²) < 4.78 is 11.2. The molecule has 2 rings (SSSR count). The summed E-state index contributed by atoms with van der Waals surface area (Å²) in [6.07, 6.45) is 5.33. The summed E-state index contributed by atoms with van der Waals surface area (Å²) in [5.74, 6) is 2.35. The van der Waals surface area contributed by atoms with E-state index in [2.05, 4.69) is 31.2 Å². The van der Waals surface area contributed by atoms with Crippen molar-refractivity contribution in [3.8, 4) is 0 Å². The monoisotopic (exact) mass is 280 g/mol. The van der Waals surface area contributed by atoms with Crippen molar-refractivity contribution in [3.63, 3.8) is 0 Å². The maximum absolute atomic E-state index is 5.92. The Morgan fingerprint density at radius 2 is 2.10 bits per heavy atom. The van der Waals surface area contributed by atoms with Crippen LogP contribution in [0.4, 0.5) is 0 Å². The maximum atomic E-state index is 5.92. The van der Waals surface area contributed by atoms with Crippen molar-refractivity contribution in [2.75, 3.05) is 6.54 Å². The molecule has 114 valence electrons. The molecular weight excluding hydrogens is 252 g/mol. The third-order valence-electron chi connectivity index (χ3n) is 3.89. The number of nitrogens with one attached hydrogen (secondary N) is 1. The van der Waals surface area contributed by atoms with Gasteiger partial charge in [-0.05, 0) is 44.1 Å². The molecule has 4 heteroatoms. The molecule has 0 atom stereocenters. The van der Waals surface area contributed by atoms with Gasteiger partial charge in [-0.2, -0.15) is 0 Å². The summed E-state index contributed by atoms with van der Waals surface area (Å²) >= 11 is 0. The first-order valence-electron chi connectivity index (χ1n) is 7.90. The van der Waals surface area contributed by atoms with E-state index in [4.69, 9.17) is 9.26 Å². The van der Waals surface area contributed by atoms with E-state index in [1.54, 1.807) is 0 Å². The van der Waals surface area contributed by atoms with E-state index in [-0.39, 0.29) is 0 Å². The highest BCUT2D eigenvalue weighted by Crippen LogP contribution is 2.26. The summed E-state index contributed by atoms with van der Waals surface area (Å²) in [5.41, 5.74) is 0.960. The van der Waals surface area contributed by atoms with Crippen LogP contribution in [0.1, 0.15) is 57.9 Å². The Hall–Kier alpha value is -0.870. The number of aromatic nitrogens is 1. The molecule has 0 radical (unpaired) electrons. The fraction of sp³-hybridized carbons (Fsp3) is 0.812. The van der Waals surface area contributed by atoms with Crippen LogP contribution in [-0.2, 0) is 17.9 Å². The minimum absolute atomic E-state index is 0.402. The molecule has 1 aliphatic rings. The van der Waals surface area contributed by atoms with Crippen LogP contribution in [0.15, 0.2) is 10.6 Å². The second kappa shape index (κ2) is 7.79. The summed E-state index contributed by atoms with van der Waals surface area (Å²) in [5, 5.41) is 7.43. The lowest BCUT2D eigenvalue weighted by atomic mass is 9.89. The first-order chi connectivity index (χ1) is 9.63. The van der Waals surface area contributed by atoms with Gasteiger partial charge < -0.3 is 14.6 Å². The SMILES string of the molecule is CC(C)CNCc1cc(COC2CCC(C)CC2)on1. The molecule has 0 aliphatic heterocycles. The molecule has 0 spiro atoms. The van der Waals surface area contributed by atoms with Gasteiger partial charge in [-0.1, -0.05) is 25.9 Å². The van der Waals surface area contributed by atoms with E-state index in [0.717, 1.165) is 30.5 Å². The first kappa shape index (κ1) is 15.5. The van der Waals surface area contributed by atoms with Crippen LogP contribution >= 0.6 is 0 Å². The fourth-order valence-corrected chi connectivity index (χ4v) is 2.59. The van der Waals surface area contributed by atoms with Gasteiger partial charge >= 0.3 is 0 Å².